The summed E-state index contributed by atoms with van der Waals surface area (Å²) in [4.78, 5) is 16.3. The van der Waals surface area contributed by atoms with Gasteiger partial charge >= 0.3 is 5.97 Å². The normalized spacial score (nSPS) is 11.1. The van der Waals surface area contributed by atoms with Crippen LogP contribution in [0.5, 0.6) is 0 Å². The molecule has 0 atom stereocenters. The third kappa shape index (κ3) is 4.61. The van der Waals surface area contributed by atoms with Crippen LogP contribution in [0.4, 0.5) is 0 Å². The fourth-order valence-corrected chi connectivity index (χ4v) is 3.47. The fraction of sp³-hybridized carbons (Fsp3) is 0.115. The van der Waals surface area contributed by atoms with Gasteiger partial charge in [0.25, 0.3) is 0 Å². The van der Waals surface area contributed by atoms with E-state index in [1.54, 1.807) is 12.1 Å². The lowest BCUT2D eigenvalue weighted by Crippen LogP contribution is -2.06. The van der Waals surface area contributed by atoms with E-state index in [2.05, 4.69) is 6.08 Å². The Morgan fingerprint density at radius 2 is 1.65 bits per heavy atom. The molecule has 0 saturated heterocycles. The van der Waals surface area contributed by atoms with Gasteiger partial charge in [-0.1, -0.05) is 84.9 Å². The molecule has 1 aromatic heterocycles. The van der Waals surface area contributed by atoms with Crippen molar-refractivity contribution >= 4 is 5.97 Å². The van der Waals surface area contributed by atoms with Crippen molar-refractivity contribution in [1.82, 2.24) is 14.8 Å². The molecule has 0 aliphatic rings. The molecule has 0 radical (unpaired) electrons. The number of carboxylic acid groups (broad SMARTS) is 1. The van der Waals surface area contributed by atoms with Gasteiger partial charge in [-0.05, 0) is 29.7 Å². The van der Waals surface area contributed by atoms with Crippen molar-refractivity contribution in [2.24, 2.45) is 0 Å². The minimum absolute atomic E-state index is 0.299. The third-order valence-electron chi connectivity index (χ3n) is 5.07. The molecule has 0 saturated carbocycles. The first-order chi connectivity index (χ1) is 15.2. The average Bonchev–Trinajstić information content (AvgIpc) is 3.21. The van der Waals surface area contributed by atoms with E-state index in [4.69, 9.17) is 10.1 Å². The summed E-state index contributed by atoms with van der Waals surface area (Å²) in [6, 6.07) is 24.9. The molecule has 154 valence electrons. The highest BCUT2D eigenvalue weighted by atomic mass is 16.4. The lowest BCUT2D eigenvalue weighted by atomic mass is 9.99. The van der Waals surface area contributed by atoms with E-state index in [-0.39, 0.29) is 0 Å². The SMILES string of the molecule is CC=CCc1nc(-c2ccccc2)nn1Cc1ccc(-c2ccccc2C(=O)O)cc1. The summed E-state index contributed by atoms with van der Waals surface area (Å²) in [6.45, 7) is 2.58. The summed E-state index contributed by atoms with van der Waals surface area (Å²) >= 11 is 0. The molecule has 0 spiro atoms. The summed E-state index contributed by atoms with van der Waals surface area (Å²) in [5.74, 6) is 0.689. The van der Waals surface area contributed by atoms with Gasteiger partial charge in [0.15, 0.2) is 5.82 Å². The predicted molar refractivity (Wildman–Crippen MR) is 122 cm³/mol. The van der Waals surface area contributed by atoms with Crippen molar-refractivity contribution in [1.29, 1.82) is 0 Å². The number of carboxylic acids is 1. The van der Waals surface area contributed by atoms with E-state index in [9.17, 15) is 9.90 Å². The first kappa shape index (κ1) is 20.3. The van der Waals surface area contributed by atoms with Crippen LogP contribution in [-0.4, -0.2) is 25.8 Å². The second-order valence-corrected chi connectivity index (χ2v) is 7.20. The monoisotopic (exact) mass is 409 g/mol. The maximum atomic E-state index is 11.5. The fourth-order valence-electron chi connectivity index (χ4n) is 3.47. The van der Waals surface area contributed by atoms with Crippen LogP contribution < -0.4 is 0 Å². The number of aromatic nitrogens is 3. The Labute approximate surface area is 181 Å². The Hall–Kier alpha value is -3.99. The highest BCUT2D eigenvalue weighted by Gasteiger charge is 2.13. The number of hydrogen-bond acceptors (Lipinski definition) is 3. The summed E-state index contributed by atoms with van der Waals surface area (Å²) in [7, 11) is 0. The van der Waals surface area contributed by atoms with Crippen molar-refractivity contribution in [2.45, 2.75) is 19.9 Å². The highest BCUT2D eigenvalue weighted by molar-refractivity contribution is 5.95. The molecule has 3 aromatic carbocycles. The molecule has 0 fully saturated rings. The number of aromatic carboxylic acids is 1. The highest BCUT2D eigenvalue weighted by Crippen LogP contribution is 2.24. The molecule has 0 aliphatic carbocycles. The number of allylic oxidation sites excluding steroid dienone is 2. The first-order valence-electron chi connectivity index (χ1n) is 10.2. The van der Waals surface area contributed by atoms with Crippen molar-refractivity contribution in [2.75, 3.05) is 0 Å². The zero-order valence-electron chi connectivity index (χ0n) is 17.3. The van der Waals surface area contributed by atoms with Crippen LogP contribution in [0, 0.1) is 0 Å². The van der Waals surface area contributed by atoms with E-state index in [0.29, 0.717) is 29.9 Å². The zero-order valence-corrected chi connectivity index (χ0v) is 17.3. The maximum absolute atomic E-state index is 11.5. The molecule has 0 unspecified atom stereocenters. The van der Waals surface area contributed by atoms with Crippen LogP contribution in [0.1, 0.15) is 28.7 Å². The molecule has 4 aromatic rings. The largest absolute Gasteiger partial charge is 0.478 e. The second kappa shape index (κ2) is 9.22. The Kier molecular flexibility index (Phi) is 6.03. The van der Waals surface area contributed by atoms with Gasteiger partial charge in [0.05, 0.1) is 12.1 Å². The van der Waals surface area contributed by atoms with E-state index in [1.807, 2.05) is 84.4 Å². The third-order valence-corrected chi connectivity index (χ3v) is 5.07. The van der Waals surface area contributed by atoms with Crippen LogP contribution in [-0.2, 0) is 13.0 Å². The van der Waals surface area contributed by atoms with Gasteiger partial charge in [0, 0.05) is 12.0 Å². The Morgan fingerprint density at radius 1 is 0.935 bits per heavy atom. The van der Waals surface area contributed by atoms with Crippen LogP contribution >= 0.6 is 0 Å². The van der Waals surface area contributed by atoms with E-state index in [1.165, 1.54) is 0 Å². The van der Waals surface area contributed by atoms with Crippen LogP contribution in [0.3, 0.4) is 0 Å². The number of hydrogen-bond donors (Lipinski definition) is 1. The number of nitrogens with zero attached hydrogens (tertiary/aromatic N) is 3. The van der Waals surface area contributed by atoms with Crippen LogP contribution in [0.15, 0.2) is 91.0 Å². The molecule has 5 heteroatoms. The quantitative estimate of drug-likeness (QED) is 0.411. The van der Waals surface area contributed by atoms with Gasteiger partial charge < -0.3 is 5.11 Å². The number of rotatable bonds is 7. The Morgan fingerprint density at radius 3 is 2.35 bits per heavy atom. The molecule has 4 rings (SSSR count). The average molecular weight is 409 g/mol. The second-order valence-electron chi connectivity index (χ2n) is 7.20. The van der Waals surface area contributed by atoms with Gasteiger partial charge in [-0.3, -0.25) is 0 Å². The Balaban J connectivity index is 1.62. The summed E-state index contributed by atoms with van der Waals surface area (Å²) in [5.41, 5.74) is 3.95. The molecule has 1 heterocycles. The maximum Gasteiger partial charge on any atom is 0.336 e. The predicted octanol–water partition coefficient (Wildman–Crippen LogP) is 5.48. The molecule has 0 aliphatic heterocycles. The lowest BCUT2D eigenvalue weighted by molar-refractivity contribution is 0.0697. The molecule has 0 amide bonds. The standard InChI is InChI=1S/C26H23N3O2/c1-2-3-13-24-27-25(21-9-5-4-6-10-21)28-29(24)18-19-14-16-20(17-15-19)22-11-7-8-12-23(22)26(30)31/h2-12,14-17H,13,18H2,1H3,(H,30,31). The van der Waals surface area contributed by atoms with Crippen molar-refractivity contribution in [3.8, 4) is 22.5 Å². The number of benzene rings is 3. The van der Waals surface area contributed by atoms with E-state index in [0.717, 1.165) is 22.5 Å². The molecule has 1 N–H and O–H groups in total. The molecule has 5 nitrogen and oxygen atoms in total. The minimum atomic E-state index is -0.927. The first-order valence-corrected chi connectivity index (χ1v) is 10.2. The van der Waals surface area contributed by atoms with Crippen molar-refractivity contribution in [3.63, 3.8) is 0 Å². The van der Waals surface area contributed by atoms with Crippen molar-refractivity contribution < 1.29 is 9.90 Å². The number of carbonyl (C=O) groups is 1. The molecule has 0 bridgehead atoms. The van der Waals surface area contributed by atoms with Gasteiger partial charge in [0.2, 0.25) is 0 Å². The summed E-state index contributed by atoms with van der Waals surface area (Å²) < 4.78 is 1.93. The zero-order chi connectivity index (χ0) is 21.6. The molecular formula is C26H23N3O2. The van der Waals surface area contributed by atoms with Gasteiger partial charge in [-0.15, -0.1) is 0 Å². The van der Waals surface area contributed by atoms with Gasteiger partial charge in [-0.2, -0.15) is 5.10 Å². The topological polar surface area (TPSA) is 68.0 Å². The summed E-state index contributed by atoms with van der Waals surface area (Å²) in [6.07, 6.45) is 4.79. The minimum Gasteiger partial charge on any atom is -0.478 e. The summed E-state index contributed by atoms with van der Waals surface area (Å²) in [5, 5.41) is 14.2. The van der Waals surface area contributed by atoms with Gasteiger partial charge in [0.1, 0.15) is 5.82 Å². The van der Waals surface area contributed by atoms with Crippen molar-refractivity contribution in [3.05, 3.63) is 108 Å². The molecule has 31 heavy (non-hydrogen) atoms. The molecular weight excluding hydrogens is 386 g/mol. The van der Waals surface area contributed by atoms with E-state index < -0.39 is 5.97 Å². The van der Waals surface area contributed by atoms with Crippen LogP contribution in [0.25, 0.3) is 22.5 Å². The van der Waals surface area contributed by atoms with E-state index >= 15 is 0 Å². The smallest absolute Gasteiger partial charge is 0.336 e. The van der Waals surface area contributed by atoms with Crippen LogP contribution in [0.2, 0.25) is 0 Å². The Bertz CT molecular complexity index is 1210. The van der Waals surface area contributed by atoms with Gasteiger partial charge in [-0.25, -0.2) is 14.5 Å². The lowest BCUT2D eigenvalue weighted by Gasteiger charge is -2.08.